The van der Waals surface area contributed by atoms with Gasteiger partial charge in [-0.15, -0.1) is 0 Å². The Balaban J connectivity index is 1.70. The number of benzene rings is 1. The van der Waals surface area contributed by atoms with Crippen molar-refractivity contribution in [2.75, 3.05) is 19.8 Å². The van der Waals surface area contributed by atoms with Gasteiger partial charge >= 0.3 is 5.97 Å². The van der Waals surface area contributed by atoms with Crippen LogP contribution in [0.3, 0.4) is 0 Å². The summed E-state index contributed by atoms with van der Waals surface area (Å²) in [5, 5.41) is 12.0. The normalized spacial score (nSPS) is 22.8. The van der Waals surface area contributed by atoms with Crippen LogP contribution in [0.1, 0.15) is 23.7 Å². The van der Waals surface area contributed by atoms with Crippen molar-refractivity contribution in [2.45, 2.75) is 31.2 Å². The fourth-order valence-corrected chi connectivity index (χ4v) is 3.18. The van der Waals surface area contributed by atoms with Gasteiger partial charge < -0.3 is 24.8 Å². The van der Waals surface area contributed by atoms with Crippen LogP contribution in [0.5, 0.6) is 0 Å². The second-order valence-corrected chi connectivity index (χ2v) is 6.19. The highest BCUT2D eigenvalue weighted by atomic mass is 16.7. The number of carbonyl (C=O) groups excluding carboxylic acids is 2. The molecule has 8 heteroatoms. The van der Waals surface area contributed by atoms with Crippen molar-refractivity contribution >= 4 is 17.8 Å². The van der Waals surface area contributed by atoms with Crippen LogP contribution in [-0.2, 0) is 19.1 Å². The number of carboxylic acid groups (broad SMARTS) is 1. The van der Waals surface area contributed by atoms with Crippen LogP contribution in [-0.4, -0.2) is 65.4 Å². The lowest BCUT2D eigenvalue weighted by Gasteiger charge is -2.26. The lowest BCUT2D eigenvalue weighted by molar-refractivity contribution is -0.153. The summed E-state index contributed by atoms with van der Waals surface area (Å²) >= 11 is 0. The number of carboxylic acids is 1. The third-order valence-corrected chi connectivity index (χ3v) is 4.43. The summed E-state index contributed by atoms with van der Waals surface area (Å²) < 4.78 is 11.1. The Morgan fingerprint density at radius 3 is 2.48 bits per heavy atom. The fraction of sp³-hybridized carbons (Fsp3) is 0.471. The van der Waals surface area contributed by atoms with Gasteiger partial charge in [0.15, 0.2) is 5.79 Å². The molecule has 2 atom stereocenters. The molecule has 2 heterocycles. The predicted octanol–water partition coefficient (Wildman–Crippen LogP) is 0.234. The van der Waals surface area contributed by atoms with Gasteiger partial charge in [-0.3, -0.25) is 9.59 Å². The van der Waals surface area contributed by atoms with Crippen molar-refractivity contribution < 1.29 is 29.0 Å². The first-order valence-electron chi connectivity index (χ1n) is 8.09. The molecule has 0 bridgehead atoms. The third-order valence-electron chi connectivity index (χ3n) is 4.43. The van der Waals surface area contributed by atoms with Crippen molar-refractivity contribution in [1.82, 2.24) is 10.2 Å². The molecule has 0 unspecified atom stereocenters. The molecular formula is C17H20N2O6. The molecular weight excluding hydrogens is 328 g/mol. The van der Waals surface area contributed by atoms with Gasteiger partial charge in [-0.05, 0) is 19.1 Å². The van der Waals surface area contributed by atoms with Crippen molar-refractivity contribution in [3.8, 4) is 0 Å². The highest BCUT2D eigenvalue weighted by Crippen LogP contribution is 2.35. The topological polar surface area (TPSA) is 105 Å². The van der Waals surface area contributed by atoms with Crippen molar-refractivity contribution in [3.63, 3.8) is 0 Å². The minimum absolute atomic E-state index is 0.0361. The lowest BCUT2D eigenvalue weighted by Crippen LogP contribution is -2.51. The van der Waals surface area contributed by atoms with Crippen LogP contribution >= 0.6 is 0 Å². The number of amides is 2. The molecule has 2 amide bonds. The molecule has 8 nitrogen and oxygen atoms in total. The Labute approximate surface area is 144 Å². The first-order chi connectivity index (χ1) is 11.9. The SMILES string of the molecule is C[C@@H](NC(=O)c1ccccc1)C(=O)N1CC2(C[C@H]1C(=O)O)OCCO2. The second kappa shape index (κ2) is 6.81. The zero-order chi connectivity index (χ0) is 18.0. The largest absolute Gasteiger partial charge is 0.480 e. The molecule has 3 rings (SSSR count). The van der Waals surface area contributed by atoms with E-state index in [0.29, 0.717) is 18.8 Å². The van der Waals surface area contributed by atoms with Crippen LogP contribution in [0.25, 0.3) is 0 Å². The summed E-state index contributed by atoms with van der Waals surface area (Å²) in [6.07, 6.45) is 0.0768. The Morgan fingerprint density at radius 2 is 1.88 bits per heavy atom. The summed E-state index contributed by atoms with van der Waals surface area (Å²) in [4.78, 5) is 37.6. The van der Waals surface area contributed by atoms with Gasteiger partial charge in [0.1, 0.15) is 12.1 Å². The molecule has 1 spiro atoms. The van der Waals surface area contributed by atoms with E-state index in [4.69, 9.17) is 9.47 Å². The maximum Gasteiger partial charge on any atom is 0.326 e. The maximum absolute atomic E-state index is 12.7. The number of hydrogen-bond donors (Lipinski definition) is 2. The molecule has 2 aliphatic rings. The van der Waals surface area contributed by atoms with E-state index in [0.717, 1.165) is 0 Å². The van der Waals surface area contributed by atoms with E-state index >= 15 is 0 Å². The summed E-state index contributed by atoms with van der Waals surface area (Å²) in [6, 6.07) is 6.60. The van der Waals surface area contributed by atoms with E-state index in [9.17, 15) is 19.5 Å². The van der Waals surface area contributed by atoms with Crippen LogP contribution in [0, 0.1) is 0 Å². The van der Waals surface area contributed by atoms with E-state index in [2.05, 4.69) is 5.32 Å². The zero-order valence-electron chi connectivity index (χ0n) is 13.8. The standard InChI is InChI=1S/C17H20N2O6/c1-11(18-14(20)12-5-3-2-4-6-12)15(21)19-10-17(24-7-8-25-17)9-13(19)16(22)23/h2-6,11,13H,7-10H2,1H3,(H,18,20)(H,22,23)/t11-,13+/m1/s1. The number of nitrogens with one attached hydrogen (secondary N) is 1. The van der Waals surface area contributed by atoms with Gasteiger partial charge in [0.25, 0.3) is 5.91 Å². The first kappa shape index (κ1) is 17.4. The summed E-state index contributed by atoms with van der Waals surface area (Å²) in [7, 11) is 0. The monoisotopic (exact) mass is 348 g/mol. The van der Waals surface area contributed by atoms with Gasteiger partial charge in [0.05, 0.1) is 19.8 Å². The molecule has 2 N–H and O–H groups in total. The molecule has 0 saturated carbocycles. The first-order valence-corrected chi connectivity index (χ1v) is 8.09. The highest BCUT2D eigenvalue weighted by molar-refractivity contribution is 5.98. The van der Waals surface area contributed by atoms with E-state index in [-0.39, 0.29) is 13.0 Å². The molecule has 2 aliphatic heterocycles. The van der Waals surface area contributed by atoms with Crippen molar-refractivity contribution in [1.29, 1.82) is 0 Å². The zero-order valence-corrected chi connectivity index (χ0v) is 13.8. The minimum atomic E-state index is -1.12. The Morgan fingerprint density at radius 1 is 1.24 bits per heavy atom. The molecule has 25 heavy (non-hydrogen) atoms. The number of ether oxygens (including phenoxy) is 2. The molecule has 2 saturated heterocycles. The molecule has 0 aliphatic carbocycles. The minimum Gasteiger partial charge on any atom is -0.480 e. The van der Waals surface area contributed by atoms with Gasteiger partial charge in [0, 0.05) is 12.0 Å². The van der Waals surface area contributed by atoms with Crippen LogP contribution in [0.2, 0.25) is 0 Å². The number of nitrogens with zero attached hydrogens (tertiary/aromatic N) is 1. The third kappa shape index (κ3) is 3.49. The predicted molar refractivity (Wildman–Crippen MR) is 85.8 cm³/mol. The Hall–Kier alpha value is -2.45. The number of rotatable bonds is 4. The van der Waals surface area contributed by atoms with Crippen LogP contribution in [0.4, 0.5) is 0 Å². The molecule has 1 aromatic rings. The van der Waals surface area contributed by atoms with E-state index < -0.39 is 35.7 Å². The molecule has 0 radical (unpaired) electrons. The summed E-state index contributed by atoms with van der Waals surface area (Å²) in [5.74, 6) is -3.05. The average Bonchev–Trinajstić information content (AvgIpc) is 3.22. The molecule has 134 valence electrons. The number of carbonyl (C=O) groups is 3. The van der Waals surface area contributed by atoms with Gasteiger partial charge in [-0.1, -0.05) is 18.2 Å². The summed E-state index contributed by atoms with van der Waals surface area (Å²) in [6.45, 7) is 2.31. The number of aliphatic carboxylic acids is 1. The van der Waals surface area contributed by atoms with Gasteiger partial charge in [0.2, 0.25) is 5.91 Å². The quantitative estimate of drug-likeness (QED) is 0.807. The van der Waals surface area contributed by atoms with Crippen LogP contribution < -0.4 is 5.32 Å². The Bertz CT molecular complexity index is 671. The maximum atomic E-state index is 12.7. The van der Waals surface area contributed by atoms with Crippen LogP contribution in [0.15, 0.2) is 30.3 Å². The Kier molecular flexibility index (Phi) is 4.73. The average molecular weight is 348 g/mol. The molecule has 2 fully saturated rings. The van der Waals surface area contributed by atoms with Crippen molar-refractivity contribution in [2.24, 2.45) is 0 Å². The lowest BCUT2D eigenvalue weighted by atomic mass is 10.1. The van der Waals surface area contributed by atoms with E-state index in [1.54, 1.807) is 30.3 Å². The second-order valence-electron chi connectivity index (χ2n) is 6.19. The molecule has 1 aromatic carbocycles. The number of hydrogen-bond acceptors (Lipinski definition) is 5. The summed E-state index contributed by atoms with van der Waals surface area (Å²) in [5.41, 5.74) is 0.428. The van der Waals surface area contributed by atoms with Gasteiger partial charge in [-0.25, -0.2) is 4.79 Å². The highest BCUT2D eigenvalue weighted by Gasteiger charge is 2.53. The fourth-order valence-electron chi connectivity index (χ4n) is 3.18. The van der Waals surface area contributed by atoms with Crippen molar-refractivity contribution in [3.05, 3.63) is 35.9 Å². The number of likely N-dealkylation sites (tertiary alicyclic amines) is 1. The molecule has 0 aromatic heterocycles. The van der Waals surface area contributed by atoms with E-state index in [1.165, 1.54) is 11.8 Å². The van der Waals surface area contributed by atoms with Gasteiger partial charge in [-0.2, -0.15) is 0 Å². The van der Waals surface area contributed by atoms with E-state index in [1.807, 2.05) is 0 Å². The smallest absolute Gasteiger partial charge is 0.326 e.